The molecule has 218 valence electrons. The molecule has 0 aromatic rings. The molecule has 0 spiro atoms. The predicted molar refractivity (Wildman–Crippen MR) is 151 cm³/mol. The molecule has 6 aliphatic rings. The minimum atomic E-state index is -0.373. The molecule has 39 heavy (non-hydrogen) atoms. The summed E-state index contributed by atoms with van der Waals surface area (Å²) in [6.45, 7) is 4.38. The Kier molecular flexibility index (Phi) is 9.08. The number of fused-ring (bicyclic) bond motifs is 1. The maximum atomic E-state index is 12.9. The summed E-state index contributed by atoms with van der Waals surface area (Å²) in [5.74, 6) is -0.217. The quantitative estimate of drug-likeness (QED) is 0.212. The van der Waals surface area contributed by atoms with Gasteiger partial charge in [0.1, 0.15) is 6.10 Å². The van der Waals surface area contributed by atoms with E-state index in [1.54, 1.807) is 17.8 Å². The average Bonchev–Trinajstić information content (AvgIpc) is 3.58. The average molecular weight is 583 g/mol. The fraction of sp³-hybridized carbons (Fsp3) is 0.846. The van der Waals surface area contributed by atoms with Crippen LogP contribution in [0.25, 0.3) is 0 Å². The Morgan fingerprint density at radius 3 is 2.77 bits per heavy atom. The summed E-state index contributed by atoms with van der Waals surface area (Å²) in [6, 6.07) is 0.841. The SMILES string of the molecule is NC(=O)C1CCC(N[C@H]2CCCC[C@H]2[NH3+])NC1NC1CNC(C2COC3C(=O)C=C(N4CCOCC4)SC32)S1. The van der Waals surface area contributed by atoms with E-state index in [0.29, 0.717) is 31.9 Å². The van der Waals surface area contributed by atoms with Crippen molar-refractivity contribution in [2.24, 2.45) is 17.6 Å². The van der Waals surface area contributed by atoms with Gasteiger partial charge in [-0.25, -0.2) is 0 Å². The topological polar surface area (TPSA) is 158 Å². The Bertz CT molecular complexity index is 938. The first kappa shape index (κ1) is 28.2. The van der Waals surface area contributed by atoms with Gasteiger partial charge in [-0.2, -0.15) is 0 Å². The van der Waals surface area contributed by atoms with Crippen LogP contribution in [-0.2, 0) is 19.1 Å². The van der Waals surface area contributed by atoms with Gasteiger partial charge in [-0.05, 0) is 25.7 Å². The Morgan fingerprint density at radius 1 is 1.15 bits per heavy atom. The lowest BCUT2D eigenvalue weighted by Gasteiger charge is -2.40. The van der Waals surface area contributed by atoms with Gasteiger partial charge in [0.2, 0.25) is 5.91 Å². The molecule has 0 bridgehead atoms. The predicted octanol–water partition coefficient (Wildman–Crippen LogP) is -1.28. The molecule has 1 saturated carbocycles. The lowest BCUT2D eigenvalue weighted by atomic mass is 9.89. The van der Waals surface area contributed by atoms with E-state index in [4.69, 9.17) is 15.2 Å². The largest absolute Gasteiger partial charge is 0.378 e. The molecule has 4 saturated heterocycles. The van der Waals surface area contributed by atoms with Crippen molar-refractivity contribution in [1.82, 2.24) is 26.2 Å². The van der Waals surface area contributed by atoms with Crippen LogP contribution in [0.1, 0.15) is 38.5 Å². The first-order chi connectivity index (χ1) is 19.0. The highest BCUT2D eigenvalue weighted by Crippen LogP contribution is 2.45. The number of morpholine rings is 1. The number of thioether (sulfide) groups is 2. The number of primary amides is 1. The molecule has 9 N–H and O–H groups in total. The summed E-state index contributed by atoms with van der Waals surface area (Å²) in [5.41, 5.74) is 10.2. The molecule has 8 unspecified atom stereocenters. The van der Waals surface area contributed by atoms with E-state index in [2.05, 4.69) is 31.9 Å². The maximum Gasteiger partial charge on any atom is 0.223 e. The van der Waals surface area contributed by atoms with Crippen molar-refractivity contribution >= 4 is 35.2 Å². The van der Waals surface area contributed by atoms with Gasteiger partial charge in [0, 0.05) is 38.0 Å². The van der Waals surface area contributed by atoms with Crippen molar-refractivity contribution in [3.63, 3.8) is 0 Å². The highest BCUT2D eigenvalue weighted by molar-refractivity contribution is 8.04. The van der Waals surface area contributed by atoms with Crippen LogP contribution in [0.4, 0.5) is 0 Å². The number of hydrogen-bond donors (Lipinski definition) is 6. The molecule has 10 atom stereocenters. The second-order valence-electron chi connectivity index (χ2n) is 11.7. The number of ketones is 1. The van der Waals surface area contributed by atoms with E-state index in [1.807, 2.05) is 11.8 Å². The van der Waals surface area contributed by atoms with Crippen molar-refractivity contribution < 1.29 is 24.8 Å². The van der Waals surface area contributed by atoms with Gasteiger partial charge in [0.15, 0.2) is 5.78 Å². The molecule has 5 aliphatic heterocycles. The Balaban J connectivity index is 1.06. The Hall–Kier alpha value is -0.900. The second kappa shape index (κ2) is 12.5. The zero-order chi connectivity index (χ0) is 26.9. The zero-order valence-electron chi connectivity index (χ0n) is 22.5. The molecule has 1 amide bonds. The number of rotatable bonds is 7. The van der Waals surface area contributed by atoms with Gasteiger partial charge in [0.25, 0.3) is 0 Å². The van der Waals surface area contributed by atoms with Crippen LogP contribution in [0.2, 0.25) is 0 Å². The fourth-order valence-electron chi connectivity index (χ4n) is 6.87. The Labute approximate surface area is 239 Å². The lowest BCUT2D eigenvalue weighted by Crippen LogP contribution is -2.73. The van der Waals surface area contributed by atoms with Crippen LogP contribution < -0.4 is 32.7 Å². The van der Waals surface area contributed by atoms with Crippen molar-refractivity contribution in [2.75, 3.05) is 39.5 Å². The van der Waals surface area contributed by atoms with Crippen molar-refractivity contribution in [2.45, 2.75) is 85.0 Å². The molecule has 11 nitrogen and oxygen atoms in total. The van der Waals surface area contributed by atoms with Crippen molar-refractivity contribution in [3.05, 3.63) is 11.1 Å². The fourth-order valence-corrected chi connectivity index (χ4v) is 9.93. The molecule has 0 aromatic heterocycles. The van der Waals surface area contributed by atoms with Gasteiger partial charge in [-0.3, -0.25) is 25.5 Å². The molecule has 6 rings (SSSR count). The van der Waals surface area contributed by atoms with Gasteiger partial charge in [-0.1, -0.05) is 6.42 Å². The van der Waals surface area contributed by atoms with E-state index in [0.717, 1.165) is 43.9 Å². The molecule has 13 heteroatoms. The van der Waals surface area contributed by atoms with Crippen molar-refractivity contribution in [1.29, 1.82) is 0 Å². The molecular formula is C26H44N7O4S2+. The van der Waals surface area contributed by atoms with Gasteiger partial charge >= 0.3 is 0 Å². The summed E-state index contributed by atoms with van der Waals surface area (Å²) in [6.07, 6.45) is 7.81. The van der Waals surface area contributed by atoms with E-state index in [9.17, 15) is 9.59 Å². The zero-order valence-corrected chi connectivity index (χ0v) is 24.2. The minimum absolute atomic E-state index is 0.0807. The Morgan fingerprint density at radius 2 is 1.97 bits per heavy atom. The first-order valence-corrected chi connectivity index (χ1v) is 16.4. The van der Waals surface area contributed by atoms with E-state index in [-0.39, 0.29) is 58.0 Å². The molecule has 1 aliphatic carbocycles. The monoisotopic (exact) mass is 582 g/mol. The van der Waals surface area contributed by atoms with Crippen LogP contribution in [-0.4, -0.2) is 103 Å². The molecule has 5 heterocycles. The number of quaternary nitrogens is 1. The summed E-state index contributed by atoms with van der Waals surface area (Å²) in [5, 5.41) is 16.3. The van der Waals surface area contributed by atoms with Gasteiger partial charge < -0.3 is 31.2 Å². The minimum Gasteiger partial charge on any atom is -0.378 e. The third-order valence-corrected chi connectivity index (χ3v) is 12.1. The molecular weight excluding hydrogens is 538 g/mol. The van der Waals surface area contributed by atoms with Crippen LogP contribution >= 0.6 is 23.5 Å². The first-order valence-electron chi connectivity index (χ1n) is 14.6. The number of carbonyl (C=O) groups is 2. The normalized spacial score (nSPS) is 43.3. The number of piperidine rings is 1. The van der Waals surface area contributed by atoms with E-state index >= 15 is 0 Å². The van der Waals surface area contributed by atoms with Crippen LogP contribution in [0.3, 0.4) is 0 Å². The van der Waals surface area contributed by atoms with Crippen LogP contribution in [0.5, 0.6) is 0 Å². The van der Waals surface area contributed by atoms with E-state index < -0.39 is 0 Å². The number of carbonyl (C=O) groups excluding carboxylic acids is 2. The highest BCUT2D eigenvalue weighted by Gasteiger charge is 2.50. The number of amides is 1. The van der Waals surface area contributed by atoms with Crippen LogP contribution in [0.15, 0.2) is 11.1 Å². The number of nitrogens with one attached hydrogen (secondary N) is 4. The summed E-state index contributed by atoms with van der Waals surface area (Å²) >= 11 is 3.63. The standard InChI is InChI=1S/C26H43N7O4S2/c27-16-3-1-2-4-17(16)30-19-6-5-14(24(28)35)25(31-19)32-20-12-29-26(38-20)15-13-37-22-18(34)11-21(39-23(15)22)33-7-9-36-10-8-33/h11,14-17,19-20,22-23,25-26,29-32H,1-10,12-13,27H2,(H2,28,35)/p+1/t14?,15?,16-,17+,19?,20?,22?,23?,25?,26?/m1/s1. The van der Waals surface area contributed by atoms with Crippen LogP contribution in [0, 0.1) is 11.8 Å². The summed E-state index contributed by atoms with van der Waals surface area (Å²) in [4.78, 5) is 27.5. The van der Waals surface area contributed by atoms with Crippen molar-refractivity contribution in [3.8, 4) is 0 Å². The third kappa shape index (κ3) is 6.31. The number of ether oxygens (including phenoxy) is 2. The number of hydrogen-bond acceptors (Lipinski definition) is 11. The molecule has 5 fully saturated rings. The van der Waals surface area contributed by atoms with E-state index in [1.165, 1.54) is 19.3 Å². The highest BCUT2D eigenvalue weighted by atomic mass is 32.2. The van der Waals surface area contributed by atoms with Gasteiger partial charge in [-0.15, -0.1) is 23.5 Å². The molecule has 0 radical (unpaired) electrons. The molecule has 0 aromatic carbocycles. The maximum absolute atomic E-state index is 12.9. The second-order valence-corrected chi connectivity index (χ2v) is 14.3. The third-order valence-electron chi connectivity index (χ3n) is 9.12. The smallest absolute Gasteiger partial charge is 0.223 e. The number of nitrogens with zero attached hydrogens (tertiary/aromatic N) is 1. The van der Waals surface area contributed by atoms with Gasteiger partial charge in [0.05, 0.1) is 71.2 Å². The lowest BCUT2D eigenvalue weighted by molar-refractivity contribution is -0.431. The summed E-state index contributed by atoms with van der Waals surface area (Å²) < 4.78 is 11.5. The number of nitrogens with two attached hydrogens (primary N) is 1. The summed E-state index contributed by atoms with van der Waals surface area (Å²) in [7, 11) is 0.